The number of hydrogen-bond donors (Lipinski definition) is 3. The third-order valence-electron chi connectivity index (χ3n) is 6.06. The van der Waals surface area contributed by atoms with E-state index in [1.807, 2.05) is 60.7 Å². The summed E-state index contributed by atoms with van der Waals surface area (Å²) in [5, 5.41) is 14.4. The van der Waals surface area contributed by atoms with Crippen LogP contribution in [0.1, 0.15) is 18.0 Å². The molecule has 3 aromatic rings. The molecule has 0 aromatic heterocycles. The Morgan fingerprint density at radius 3 is 2.25 bits per heavy atom. The van der Waals surface area contributed by atoms with Crippen molar-refractivity contribution in [3.8, 4) is 11.1 Å². The highest BCUT2D eigenvalue weighted by atomic mass is 32.2. The van der Waals surface area contributed by atoms with Gasteiger partial charge in [-0.3, -0.25) is 4.79 Å². The van der Waals surface area contributed by atoms with Gasteiger partial charge in [-0.25, -0.2) is 8.42 Å². The summed E-state index contributed by atoms with van der Waals surface area (Å²) in [6, 6.07) is 25.9. The Morgan fingerprint density at radius 1 is 0.944 bits per heavy atom. The average molecular weight is 526 g/mol. The molecule has 36 heavy (non-hydrogen) atoms. The number of carbonyl (C=O) groups excluding carboxylic acids is 1. The summed E-state index contributed by atoms with van der Waals surface area (Å²) < 4.78 is 28.3. The third kappa shape index (κ3) is 6.35. The number of amides is 1. The zero-order chi connectivity index (χ0) is 25.4. The van der Waals surface area contributed by atoms with Crippen LogP contribution in [0, 0.1) is 0 Å². The second-order valence-corrected chi connectivity index (χ2v) is 11.5. The molecule has 0 radical (unpaired) electrons. The second-order valence-electron chi connectivity index (χ2n) is 8.46. The maximum absolute atomic E-state index is 13.5. The van der Waals surface area contributed by atoms with Crippen LogP contribution in [0.5, 0.6) is 0 Å². The molecule has 1 amide bonds. The van der Waals surface area contributed by atoms with Gasteiger partial charge in [0, 0.05) is 18.8 Å². The van der Waals surface area contributed by atoms with Crippen molar-refractivity contribution >= 4 is 27.7 Å². The number of hydrogen-bond acceptors (Lipinski definition) is 6. The van der Waals surface area contributed by atoms with E-state index in [0.717, 1.165) is 16.7 Å². The van der Waals surface area contributed by atoms with E-state index in [9.17, 15) is 13.2 Å². The van der Waals surface area contributed by atoms with E-state index < -0.39 is 15.4 Å². The molecule has 2 unspecified atom stereocenters. The normalized spacial score (nSPS) is 17.1. The molecular weight excluding hydrogens is 494 g/mol. The van der Waals surface area contributed by atoms with E-state index in [0.29, 0.717) is 25.3 Å². The van der Waals surface area contributed by atoms with E-state index >= 15 is 0 Å². The topological polar surface area (TPSA) is 98.7 Å². The van der Waals surface area contributed by atoms with Gasteiger partial charge in [0.05, 0.1) is 17.5 Å². The fourth-order valence-corrected chi connectivity index (χ4v) is 7.28. The van der Waals surface area contributed by atoms with Gasteiger partial charge >= 0.3 is 0 Å². The van der Waals surface area contributed by atoms with Crippen LogP contribution < -0.4 is 10.6 Å². The van der Waals surface area contributed by atoms with Gasteiger partial charge in [-0.05, 0) is 41.8 Å². The van der Waals surface area contributed by atoms with Gasteiger partial charge in [-0.15, -0.1) is 11.8 Å². The quantitative estimate of drug-likeness (QED) is 0.333. The van der Waals surface area contributed by atoms with Crippen LogP contribution in [0.4, 0.5) is 0 Å². The van der Waals surface area contributed by atoms with Crippen molar-refractivity contribution < 1.29 is 18.3 Å². The number of sulfonamides is 1. The van der Waals surface area contributed by atoms with E-state index in [4.69, 9.17) is 5.11 Å². The van der Waals surface area contributed by atoms with Crippen LogP contribution in [0.25, 0.3) is 11.1 Å². The minimum atomic E-state index is -3.85. The Hall–Kier alpha value is -2.69. The smallest absolute Gasteiger partial charge is 0.249 e. The minimum Gasteiger partial charge on any atom is -0.395 e. The monoisotopic (exact) mass is 525 g/mol. The van der Waals surface area contributed by atoms with Crippen molar-refractivity contribution in [3.63, 3.8) is 0 Å². The summed E-state index contributed by atoms with van der Waals surface area (Å²) in [6.45, 7) is 1.40. The first kappa shape index (κ1) is 26.4. The standard InChI is InChI=1S/C27H31N3O4S2/c31-19-17-28-16-15-25(23-9-5-2-6-10-23)29-26(32)27-30(18-20-35-27)36(33,34)24-13-11-22(12-14-24)21-7-3-1-4-8-21/h1-14,25,27-28,31H,15-20H2,(H,29,32). The highest BCUT2D eigenvalue weighted by Gasteiger charge is 2.40. The number of carbonyl (C=O) groups is 1. The van der Waals surface area contributed by atoms with Crippen LogP contribution in [0.3, 0.4) is 0 Å². The zero-order valence-corrected chi connectivity index (χ0v) is 21.5. The summed E-state index contributed by atoms with van der Waals surface area (Å²) in [4.78, 5) is 13.5. The summed E-state index contributed by atoms with van der Waals surface area (Å²) in [6.07, 6.45) is 0.612. The lowest BCUT2D eigenvalue weighted by Gasteiger charge is -2.26. The lowest BCUT2D eigenvalue weighted by atomic mass is 10.0. The molecule has 7 nitrogen and oxygen atoms in total. The molecule has 0 aliphatic carbocycles. The lowest BCUT2D eigenvalue weighted by molar-refractivity contribution is -0.122. The third-order valence-corrected chi connectivity index (χ3v) is 9.27. The molecule has 0 spiro atoms. The number of aliphatic hydroxyl groups excluding tert-OH is 1. The van der Waals surface area contributed by atoms with Gasteiger partial charge in [0.15, 0.2) is 0 Å². The fourth-order valence-electron chi connectivity index (χ4n) is 4.19. The molecule has 0 bridgehead atoms. The predicted molar refractivity (Wildman–Crippen MR) is 144 cm³/mol. The fraction of sp³-hybridized carbons (Fsp3) is 0.296. The highest BCUT2D eigenvalue weighted by Crippen LogP contribution is 2.32. The molecule has 3 aromatic carbocycles. The van der Waals surface area contributed by atoms with Crippen molar-refractivity contribution in [2.75, 3.05) is 32.0 Å². The molecule has 1 saturated heterocycles. The van der Waals surface area contributed by atoms with Crippen LogP contribution in [-0.2, 0) is 14.8 Å². The van der Waals surface area contributed by atoms with Crippen molar-refractivity contribution in [1.82, 2.24) is 14.9 Å². The largest absolute Gasteiger partial charge is 0.395 e. The number of aliphatic hydroxyl groups is 1. The van der Waals surface area contributed by atoms with E-state index in [1.165, 1.54) is 16.1 Å². The first-order valence-electron chi connectivity index (χ1n) is 12.0. The van der Waals surface area contributed by atoms with Gasteiger partial charge in [0.1, 0.15) is 5.37 Å². The second kappa shape index (κ2) is 12.5. The molecule has 1 aliphatic heterocycles. The average Bonchev–Trinajstić information content (AvgIpc) is 3.43. The summed E-state index contributed by atoms with van der Waals surface area (Å²) >= 11 is 1.34. The van der Waals surface area contributed by atoms with Gasteiger partial charge in [0.25, 0.3) is 0 Å². The Bertz CT molecular complexity index is 1220. The van der Waals surface area contributed by atoms with Crippen molar-refractivity contribution in [2.45, 2.75) is 22.7 Å². The number of nitrogens with one attached hydrogen (secondary N) is 2. The zero-order valence-electron chi connectivity index (χ0n) is 19.9. The van der Waals surface area contributed by atoms with E-state index in [-0.39, 0.29) is 30.0 Å². The Balaban J connectivity index is 1.49. The summed E-state index contributed by atoms with van der Waals surface area (Å²) in [7, 11) is -3.85. The number of nitrogens with zero attached hydrogens (tertiary/aromatic N) is 1. The molecule has 1 aliphatic rings. The SMILES string of the molecule is O=C(NC(CCNCCO)c1ccccc1)C1SCCN1S(=O)(=O)c1ccc(-c2ccccc2)cc1. The predicted octanol–water partition coefficient (Wildman–Crippen LogP) is 3.25. The molecular formula is C27H31N3O4S2. The molecule has 1 fully saturated rings. The Kier molecular flexibility index (Phi) is 9.17. The van der Waals surface area contributed by atoms with Crippen LogP contribution in [0.15, 0.2) is 89.8 Å². The lowest BCUT2D eigenvalue weighted by Crippen LogP contribution is -2.46. The van der Waals surface area contributed by atoms with Crippen LogP contribution in [-0.4, -0.2) is 61.1 Å². The van der Waals surface area contributed by atoms with Crippen molar-refractivity contribution in [2.24, 2.45) is 0 Å². The van der Waals surface area contributed by atoms with Crippen molar-refractivity contribution in [3.05, 3.63) is 90.5 Å². The summed E-state index contributed by atoms with van der Waals surface area (Å²) in [5.41, 5.74) is 2.89. The maximum Gasteiger partial charge on any atom is 0.249 e. The highest BCUT2D eigenvalue weighted by molar-refractivity contribution is 8.02. The molecule has 3 N–H and O–H groups in total. The van der Waals surface area contributed by atoms with E-state index in [2.05, 4.69) is 10.6 Å². The van der Waals surface area contributed by atoms with E-state index in [1.54, 1.807) is 24.3 Å². The Labute approximate surface area is 217 Å². The first-order chi connectivity index (χ1) is 17.5. The molecule has 0 saturated carbocycles. The van der Waals surface area contributed by atoms with Gasteiger partial charge in [-0.2, -0.15) is 4.31 Å². The van der Waals surface area contributed by atoms with Gasteiger partial charge in [0.2, 0.25) is 15.9 Å². The molecule has 1 heterocycles. The maximum atomic E-state index is 13.5. The van der Waals surface area contributed by atoms with Crippen LogP contribution >= 0.6 is 11.8 Å². The summed E-state index contributed by atoms with van der Waals surface area (Å²) in [5.74, 6) is 0.228. The molecule has 190 valence electrons. The van der Waals surface area contributed by atoms with Crippen LogP contribution in [0.2, 0.25) is 0 Å². The molecule has 4 rings (SSSR count). The number of benzene rings is 3. The van der Waals surface area contributed by atoms with Gasteiger partial charge < -0.3 is 15.7 Å². The van der Waals surface area contributed by atoms with Crippen molar-refractivity contribution in [1.29, 1.82) is 0 Å². The Morgan fingerprint density at radius 2 is 1.58 bits per heavy atom. The molecule has 2 atom stereocenters. The number of rotatable bonds is 11. The first-order valence-corrected chi connectivity index (χ1v) is 14.5. The minimum absolute atomic E-state index is 0.0419. The number of thioether (sulfide) groups is 1. The molecule has 9 heteroatoms. The van der Waals surface area contributed by atoms with Gasteiger partial charge in [-0.1, -0.05) is 72.8 Å².